The topological polar surface area (TPSA) is 59.6 Å². The van der Waals surface area contributed by atoms with E-state index < -0.39 is 0 Å². The predicted molar refractivity (Wildman–Crippen MR) is 102 cm³/mol. The summed E-state index contributed by atoms with van der Waals surface area (Å²) in [6.45, 7) is 5.76. The second-order valence-corrected chi connectivity index (χ2v) is 6.66. The van der Waals surface area contributed by atoms with Gasteiger partial charge in [0, 0.05) is 17.6 Å². The van der Waals surface area contributed by atoms with E-state index in [4.69, 9.17) is 9.47 Å². The Hall–Kier alpha value is -0.980. The molecule has 5 nitrogen and oxygen atoms in total. The number of methoxy groups -OCH3 is 1. The molecule has 0 radical (unpaired) electrons. The Morgan fingerprint density at radius 1 is 1.46 bits per heavy atom. The lowest BCUT2D eigenvalue weighted by Crippen LogP contribution is -2.51. The first-order valence-electron chi connectivity index (χ1n) is 8.11. The molecule has 1 amide bonds. The van der Waals surface area contributed by atoms with Crippen LogP contribution in [0.4, 0.5) is 0 Å². The first-order valence-corrected chi connectivity index (χ1v) is 8.90. The average molecular weight is 422 g/mol. The van der Waals surface area contributed by atoms with Crippen molar-refractivity contribution in [2.24, 2.45) is 0 Å². The molecule has 0 aliphatic carbocycles. The number of carbonyl (C=O) groups excluding carboxylic acids is 1. The first kappa shape index (κ1) is 21.1. The van der Waals surface area contributed by atoms with Gasteiger partial charge in [0.1, 0.15) is 0 Å². The Kier molecular flexibility index (Phi) is 8.87. The lowest BCUT2D eigenvalue weighted by atomic mass is 9.99. The summed E-state index contributed by atoms with van der Waals surface area (Å²) in [7, 11) is 1.58. The molecule has 1 heterocycles. The third-order valence-corrected chi connectivity index (χ3v) is 4.61. The minimum Gasteiger partial charge on any atom is -0.493 e. The predicted octanol–water partition coefficient (Wildman–Crippen LogP) is 3.54. The number of amides is 1. The zero-order valence-corrected chi connectivity index (χ0v) is 16.8. The van der Waals surface area contributed by atoms with Crippen LogP contribution in [0.25, 0.3) is 0 Å². The molecular weight excluding hydrogens is 396 g/mol. The van der Waals surface area contributed by atoms with E-state index in [1.807, 2.05) is 6.92 Å². The molecule has 2 atom stereocenters. The van der Waals surface area contributed by atoms with Crippen molar-refractivity contribution in [2.75, 3.05) is 20.3 Å². The Labute approximate surface area is 158 Å². The van der Waals surface area contributed by atoms with Crippen molar-refractivity contribution in [1.29, 1.82) is 0 Å². The number of rotatable bonds is 6. The van der Waals surface area contributed by atoms with Gasteiger partial charge in [-0.1, -0.05) is 6.92 Å². The normalized spacial score (nSPS) is 20.0. The van der Waals surface area contributed by atoms with Crippen LogP contribution >= 0.6 is 28.3 Å². The molecule has 24 heavy (non-hydrogen) atoms. The molecule has 0 saturated carbocycles. The van der Waals surface area contributed by atoms with Gasteiger partial charge in [0.15, 0.2) is 11.5 Å². The van der Waals surface area contributed by atoms with E-state index in [9.17, 15) is 4.79 Å². The Morgan fingerprint density at radius 3 is 2.83 bits per heavy atom. The van der Waals surface area contributed by atoms with Gasteiger partial charge in [0.05, 0.1) is 18.2 Å². The van der Waals surface area contributed by atoms with Crippen molar-refractivity contribution < 1.29 is 14.3 Å². The molecule has 1 aromatic rings. The molecule has 1 aliphatic rings. The maximum absolute atomic E-state index is 12.5. The van der Waals surface area contributed by atoms with E-state index in [2.05, 4.69) is 33.5 Å². The quantitative estimate of drug-likeness (QED) is 0.737. The van der Waals surface area contributed by atoms with E-state index >= 15 is 0 Å². The Morgan fingerprint density at radius 2 is 2.21 bits per heavy atom. The van der Waals surface area contributed by atoms with Gasteiger partial charge >= 0.3 is 0 Å². The maximum Gasteiger partial charge on any atom is 0.251 e. The lowest BCUT2D eigenvalue weighted by Gasteiger charge is -2.30. The SMILES string of the molecule is CCCOc1c(Br)cc(C(=O)NC2CCCNC2C)cc1OC.Cl. The smallest absolute Gasteiger partial charge is 0.251 e. The van der Waals surface area contributed by atoms with Crippen molar-refractivity contribution in [1.82, 2.24) is 10.6 Å². The van der Waals surface area contributed by atoms with Crippen LogP contribution in [0.2, 0.25) is 0 Å². The monoisotopic (exact) mass is 420 g/mol. The number of ether oxygens (including phenoxy) is 2. The summed E-state index contributed by atoms with van der Waals surface area (Å²) in [5, 5.41) is 6.49. The van der Waals surface area contributed by atoms with Gasteiger partial charge in [-0.25, -0.2) is 0 Å². The minimum absolute atomic E-state index is 0. The highest BCUT2D eigenvalue weighted by molar-refractivity contribution is 9.10. The number of hydrogen-bond donors (Lipinski definition) is 2. The third kappa shape index (κ3) is 5.26. The van der Waals surface area contributed by atoms with Crippen LogP contribution in [-0.2, 0) is 0 Å². The van der Waals surface area contributed by atoms with Crippen LogP contribution in [-0.4, -0.2) is 38.3 Å². The second kappa shape index (κ2) is 10.1. The van der Waals surface area contributed by atoms with Crippen molar-refractivity contribution in [3.05, 3.63) is 22.2 Å². The zero-order chi connectivity index (χ0) is 16.8. The zero-order valence-electron chi connectivity index (χ0n) is 14.4. The molecule has 136 valence electrons. The van der Waals surface area contributed by atoms with Crippen LogP contribution < -0.4 is 20.1 Å². The maximum atomic E-state index is 12.5. The Bertz CT molecular complexity index is 557. The molecular formula is C17H26BrClN2O3. The number of hydrogen-bond acceptors (Lipinski definition) is 4. The highest BCUT2D eigenvalue weighted by atomic mass is 79.9. The third-order valence-electron chi connectivity index (χ3n) is 4.02. The summed E-state index contributed by atoms with van der Waals surface area (Å²) < 4.78 is 11.8. The van der Waals surface area contributed by atoms with Crippen LogP contribution in [0.15, 0.2) is 16.6 Å². The molecule has 2 N–H and O–H groups in total. The van der Waals surface area contributed by atoms with Crippen molar-refractivity contribution in [3.8, 4) is 11.5 Å². The lowest BCUT2D eigenvalue weighted by molar-refractivity contribution is 0.0919. The number of halogens is 2. The molecule has 0 bridgehead atoms. The van der Waals surface area contributed by atoms with Crippen LogP contribution in [0, 0.1) is 0 Å². The van der Waals surface area contributed by atoms with Gasteiger partial charge in [0.25, 0.3) is 5.91 Å². The standard InChI is InChI=1S/C17H25BrN2O3.ClH/c1-4-8-23-16-13(18)9-12(10-15(16)22-3)17(21)20-14-6-5-7-19-11(14)2;/h9-11,14,19H,4-8H2,1-3H3,(H,20,21);1H. The summed E-state index contributed by atoms with van der Waals surface area (Å²) in [5.41, 5.74) is 0.565. The fourth-order valence-electron chi connectivity index (χ4n) is 2.69. The van der Waals surface area contributed by atoms with Crippen LogP contribution in [0.3, 0.4) is 0 Å². The van der Waals surface area contributed by atoms with Crippen molar-refractivity contribution >= 4 is 34.2 Å². The molecule has 1 aromatic carbocycles. The van der Waals surface area contributed by atoms with Crippen molar-refractivity contribution in [2.45, 2.75) is 45.2 Å². The molecule has 7 heteroatoms. The summed E-state index contributed by atoms with van der Waals surface area (Å²) in [6, 6.07) is 3.94. The van der Waals surface area contributed by atoms with E-state index in [1.54, 1.807) is 19.2 Å². The number of benzene rings is 1. The summed E-state index contributed by atoms with van der Waals surface area (Å²) in [5.74, 6) is 1.11. The van der Waals surface area contributed by atoms with E-state index in [0.717, 1.165) is 30.3 Å². The molecule has 1 aliphatic heterocycles. The number of piperidine rings is 1. The highest BCUT2D eigenvalue weighted by Crippen LogP contribution is 2.36. The summed E-state index contributed by atoms with van der Waals surface area (Å²) in [4.78, 5) is 12.5. The second-order valence-electron chi connectivity index (χ2n) is 5.80. The Balaban J connectivity index is 0.00000288. The summed E-state index contributed by atoms with van der Waals surface area (Å²) >= 11 is 3.48. The fourth-order valence-corrected chi connectivity index (χ4v) is 3.24. The summed E-state index contributed by atoms with van der Waals surface area (Å²) in [6.07, 6.45) is 2.98. The molecule has 2 unspecified atom stereocenters. The number of carbonyl (C=O) groups is 1. The van der Waals surface area contributed by atoms with E-state index in [1.165, 1.54) is 0 Å². The largest absolute Gasteiger partial charge is 0.493 e. The van der Waals surface area contributed by atoms with Crippen LogP contribution in [0.1, 0.15) is 43.5 Å². The molecule has 0 aromatic heterocycles. The van der Waals surface area contributed by atoms with Gasteiger partial charge in [-0.3, -0.25) is 4.79 Å². The minimum atomic E-state index is -0.0911. The van der Waals surface area contributed by atoms with E-state index in [0.29, 0.717) is 23.7 Å². The van der Waals surface area contributed by atoms with Gasteiger partial charge in [0.2, 0.25) is 0 Å². The fraction of sp³-hybridized carbons (Fsp3) is 0.588. The van der Waals surface area contributed by atoms with Crippen LogP contribution in [0.5, 0.6) is 11.5 Å². The van der Waals surface area contributed by atoms with Gasteiger partial charge in [-0.15, -0.1) is 12.4 Å². The number of nitrogens with one attached hydrogen (secondary N) is 2. The molecule has 1 fully saturated rings. The average Bonchev–Trinajstić information content (AvgIpc) is 2.55. The first-order chi connectivity index (χ1) is 11.1. The van der Waals surface area contributed by atoms with Gasteiger partial charge in [-0.2, -0.15) is 0 Å². The molecule has 2 rings (SSSR count). The highest BCUT2D eigenvalue weighted by Gasteiger charge is 2.24. The van der Waals surface area contributed by atoms with Crippen molar-refractivity contribution in [3.63, 3.8) is 0 Å². The van der Waals surface area contributed by atoms with E-state index in [-0.39, 0.29) is 30.4 Å². The molecule has 0 spiro atoms. The molecule has 1 saturated heterocycles. The van der Waals surface area contributed by atoms with Gasteiger partial charge < -0.3 is 20.1 Å². The van der Waals surface area contributed by atoms with Gasteiger partial charge in [-0.05, 0) is 60.8 Å².